The summed E-state index contributed by atoms with van der Waals surface area (Å²) in [5.74, 6) is 0.894. The first-order valence-electron chi connectivity index (χ1n) is 6.92. The number of thiophene rings is 1. The van der Waals surface area contributed by atoms with Gasteiger partial charge in [0.05, 0.1) is 0 Å². The third kappa shape index (κ3) is 4.82. The van der Waals surface area contributed by atoms with Crippen LogP contribution in [0.2, 0.25) is 5.02 Å². The topological polar surface area (TPSA) is 21.3 Å². The summed E-state index contributed by atoms with van der Waals surface area (Å²) in [4.78, 5) is 0. The first-order valence-corrected chi connectivity index (χ1v) is 8.24. The monoisotopic (exact) mass is 309 g/mol. The summed E-state index contributed by atoms with van der Waals surface area (Å²) < 4.78 is 5.72. The summed E-state index contributed by atoms with van der Waals surface area (Å²) in [6.07, 6.45) is 2.00. The van der Waals surface area contributed by atoms with Crippen molar-refractivity contribution in [3.05, 3.63) is 51.2 Å². The van der Waals surface area contributed by atoms with Gasteiger partial charge >= 0.3 is 0 Å². The van der Waals surface area contributed by atoms with Crippen molar-refractivity contribution >= 4 is 22.9 Å². The SMILES string of the molecule is CCc1cc(OCCNCCc2ccsc2)ccc1Cl. The van der Waals surface area contributed by atoms with Crippen molar-refractivity contribution in [3.8, 4) is 5.75 Å². The summed E-state index contributed by atoms with van der Waals surface area (Å²) >= 11 is 7.83. The maximum atomic E-state index is 6.08. The molecule has 0 bridgehead atoms. The number of rotatable bonds is 8. The van der Waals surface area contributed by atoms with E-state index >= 15 is 0 Å². The van der Waals surface area contributed by atoms with Gasteiger partial charge in [-0.3, -0.25) is 0 Å². The number of hydrogen-bond acceptors (Lipinski definition) is 3. The molecule has 0 spiro atoms. The Morgan fingerprint density at radius 2 is 2.15 bits per heavy atom. The summed E-state index contributed by atoms with van der Waals surface area (Å²) in [7, 11) is 0. The third-order valence-electron chi connectivity index (χ3n) is 3.12. The molecule has 0 amide bonds. The van der Waals surface area contributed by atoms with E-state index < -0.39 is 0 Å². The van der Waals surface area contributed by atoms with Crippen molar-refractivity contribution in [2.75, 3.05) is 19.7 Å². The van der Waals surface area contributed by atoms with Crippen molar-refractivity contribution < 1.29 is 4.74 Å². The number of aryl methyl sites for hydroxylation is 1. The second-order valence-electron chi connectivity index (χ2n) is 4.59. The average Bonchev–Trinajstić information content (AvgIpc) is 2.97. The lowest BCUT2D eigenvalue weighted by molar-refractivity contribution is 0.314. The maximum Gasteiger partial charge on any atom is 0.119 e. The Morgan fingerprint density at radius 1 is 1.25 bits per heavy atom. The molecule has 0 radical (unpaired) electrons. The molecule has 0 saturated heterocycles. The molecule has 1 aromatic heterocycles. The number of hydrogen-bond donors (Lipinski definition) is 1. The van der Waals surface area contributed by atoms with Gasteiger partial charge in [0.25, 0.3) is 0 Å². The molecule has 0 aliphatic carbocycles. The molecule has 1 heterocycles. The lowest BCUT2D eigenvalue weighted by Crippen LogP contribution is -2.23. The average molecular weight is 310 g/mol. The Labute approximate surface area is 129 Å². The maximum absolute atomic E-state index is 6.08. The zero-order valence-corrected chi connectivity index (χ0v) is 13.3. The second kappa shape index (κ2) is 8.30. The van der Waals surface area contributed by atoms with E-state index in [0.717, 1.165) is 42.3 Å². The van der Waals surface area contributed by atoms with Gasteiger partial charge in [0.1, 0.15) is 12.4 Å². The second-order valence-corrected chi connectivity index (χ2v) is 5.77. The van der Waals surface area contributed by atoms with Crippen molar-refractivity contribution in [1.82, 2.24) is 5.32 Å². The fourth-order valence-corrected chi connectivity index (χ4v) is 2.90. The van der Waals surface area contributed by atoms with E-state index in [9.17, 15) is 0 Å². The van der Waals surface area contributed by atoms with Gasteiger partial charge in [-0.1, -0.05) is 18.5 Å². The lowest BCUT2D eigenvalue weighted by atomic mass is 10.1. The molecule has 4 heteroatoms. The highest BCUT2D eigenvalue weighted by Crippen LogP contribution is 2.22. The first-order chi connectivity index (χ1) is 9.79. The smallest absolute Gasteiger partial charge is 0.119 e. The molecule has 0 unspecified atom stereocenters. The van der Waals surface area contributed by atoms with Crippen molar-refractivity contribution in [3.63, 3.8) is 0 Å². The van der Waals surface area contributed by atoms with Crippen molar-refractivity contribution in [2.45, 2.75) is 19.8 Å². The molecule has 0 saturated carbocycles. The van der Waals surface area contributed by atoms with Gasteiger partial charge in [-0.25, -0.2) is 0 Å². The molecule has 0 atom stereocenters. The van der Waals surface area contributed by atoms with Crippen LogP contribution in [-0.2, 0) is 12.8 Å². The van der Waals surface area contributed by atoms with Gasteiger partial charge in [0.2, 0.25) is 0 Å². The minimum Gasteiger partial charge on any atom is -0.492 e. The van der Waals surface area contributed by atoms with E-state index in [2.05, 4.69) is 29.1 Å². The van der Waals surface area contributed by atoms with Crippen LogP contribution in [0.3, 0.4) is 0 Å². The van der Waals surface area contributed by atoms with Gasteiger partial charge in [-0.15, -0.1) is 0 Å². The van der Waals surface area contributed by atoms with E-state index in [1.165, 1.54) is 5.56 Å². The van der Waals surface area contributed by atoms with E-state index in [4.69, 9.17) is 16.3 Å². The minimum absolute atomic E-state index is 0.675. The summed E-state index contributed by atoms with van der Waals surface area (Å²) in [6.45, 7) is 4.61. The van der Waals surface area contributed by atoms with Gasteiger partial charge in [-0.2, -0.15) is 11.3 Å². The van der Waals surface area contributed by atoms with Gasteiger partial charge < -0.3 is 10.1 Å². The van der Waals surface area contributed by atoms with Crippen molar-refractivity contribution in [2.24, 2.45) is 0 Å². The largest absolute Gasteiger partial charge is 0.492 e. The first kappa shape index (κ1) is 15.4. The molecule has 1 N–H and O–H groups in total. The standard InChI is InChI=1S/C16H20ClNOS/c1-2-14-11-15(3-4-16(14)17)19-9-8-18-7-5-13-6-10-20-12-13/h3-4,6,10-12,18H,2,5,7-9H2,1H3. The highest BCUT2D eigenvalue weighted by Gasteiger charge is 2.01. The summed E-state index contributed by atoms with van der Waals surface area (Å²) in [5.41, 5.74) is 2.53. The highest BCUT2D eigenvalue weighted by atomic mass is 35.5. The van der Waals surface area contributed by atoms with Gasteiger partial charge in [-0.05, 0) is 65.5 Å². The molecule has 2 nitrogen and oxygen atoms in total. The van der Waals surface area contributed by atoms with E-state index in [1.807, 2.05) is 18.2 Å². The van der Waals surface area contributed by atoms with Crippen LogP contribution >= 0.6 is 22.9 Å². The molecule has 20 heavy (non-hydrogen) atoms. The number of ether oxygens (including phenoxy) is 1. The molecule has 2 rings (SSSR count). The molecule has 0 fully saturated rings. The van der Waals surface area contributed by atoms with Crippen LogP contribution in [0.4, 0.5) is 0 Å². The van der Waals surface area contributed by atoms with Gasteiger partial charge in [0, 0.05) is 11.6 Å². The van der Waals surface area contributed by atoms with E-state index in [1.54, 1.807) is 11.3 Å². The third-order valence-corrected chi connectivity index (χ3v) is 4.22. The van der Waals surface area contributed by atoms with E-state index in [-0.39, 0.29) is 0 Å². The van der Waals surface area contributed by atoms with Crippen LogP contribution in [-0.4, -0.2) is 19.7 Å². The molecular formula is C16H20ClNOS. The van der Waals surface area contributed by atoms with Crippen LogP contribution in [0.15, 0.2) is 35.0 Å². The molecule has 108 valence electrons. The fourth-order valence-electron chi connectivity index (χ4n) is 1.95. The zero-order valence-electron chi connectivity index (χ0n) is 11.7. The van der Waals surface area contributed by atoms with Gasteiger partial charge in [0.15, 0.2) is 0 Å². The number of halogens is 1. The van der Waals surface area contributed by atoms with Crippen LogP contribution < -0.4 is 10.1 Å². The molecular weight excluding hydrogens is 290 g/mol. The molecule has 0 aliphatic heterocycles. The van der Waals surface area contributed by atoms with E-state index in [0.29, 0.717) is 6.61 Å². The number of benzene rings is 1. The predicted molar refractivity (Wildman–Crippen MR) is 87.2 cm³/mol. The molecule has 2 aromatic rings. The Kier molecular flexibility index (Phi) is 6.37. The summed E-state index contributed by atoms with van der Waals surface area (Å²) in [6, 6.07) is 8.02. The minimum atomic E-state index is 0.675. The molecule has 0 aliphatic rings. The predicted octanol–water partition coefficient (Wildman–Crippen LogP) is 4.18. The van der Waals surface area contributed by atoms with Crippen LogP contribution in [0.1, 0.15) is 18.1 Å². The van der Waals surface area contributed by atoms with Crippen LogP contribution in [0, 0.1) is 0 Å². The Hall–Kier alpha value is -1.03. The Balaban J connectivity index is 1.63. The lowest BCUT2D eigenvalue weighted by Gasteiger charge is -2.09. The summed E-state index contributed by atoms with van der Waals surface area (Å²) in [5, 5.41) is 8.51. The van der Waals surface area contributed by atoms with Crippen LogP contribution in [0.5, 0.6) is 5.75 Å². The fraction of sp³-hybridized carbons (Fsp3) is 0.375. The normalized spacial score (nSPS) is 10.7. The molecule has 1 aromatic carbocycles. The number of nitrogens with one attached hydrogen (secondary N) is 1. The van der Waals surface area contributed by atoms with Crippen molar-refractivity contribution in [1.29, 1.82) is 0 Å². The van der Waals surface area contributed by atoms with Crippen LogP contribution in [0.25, 0.3) is 0 Å². The quantitative estimate of drug-likeness (QED) is 0.739. The zero-order chi connectivity index (χ0) is 14.2. The highest BCUT2D eigenvalue weighted by molar-refractivity contribution is 7.07. The Morgan fingerprint density at radius 3 is 2.90 bits per heavy atom. The Bertz CT molecular complexity index is 513.